The van der Waals surface area contributed by atoms with Crippen LogP contribution in [0.15, 0.2) is 60.8 Å². The van der Waals surface area contributed by atoms with Gasteiger partial charge < -0.3 is 14.2 Å². The van der Waals surface area contributed by atoms with Crippen LogP contribution in [0.2, 0.25) is 0 Å². The van der Waals surface area contributed by atoms with Gasteiger partial charge in [-0.2, -0.15) is 0 Å². The van der Waals surface area contributed by atoms with Crippen molar-refractivity contribution in [1.29, 1.82) is 0 Å². The Labute approximate surface area is 390 Å². The molecule has 0 fully saturated rings. The molecule has 0 rings (SSSR count). The van der Waals surface area contributed by atoms with E-state index in [1.807, 2.05) is 0 Å². The van der Waals surface area contributed by atoms with Crippen LogP contribution in [0.4, 0.5) is 0 Å². The molecule has 1 atom stereocenters. The van der Waals surface area contributed by atoms with E-state index in [0.717, 1.165) is 96.3 Å². The lowest BCUT2D eigenvalue weighted by Crippen LogP contribution is -2.30. The molecule has 63 heavy (non-hydrogen) atoms. The zero-order valence-electron chi connectivity index (χ0n) is 41.6. The second-order valence-electron chi connectivity index (χ2n) is 17.8. The molecule has 0 amide bonds. The maximum Gasteiger partial charge on any atom is 0.306 e. The lowest BCUT2D eigenvalue weighted by atomic mass is 10.1. The summed E-state index contributed by atoms with van der Waals surface area (Å²) >= 11 is 0. The number of allylic oxidation sites excluding steroid dienone is 10. The summed E-state index contributed by atoms with van der Waals surface area (Å²) in [6, 6.07) is 0. The van der Waals surface area contributed by atoms with E-state index >= 15 is 0 Å². The van der Waals surface area contributed by atoms with Gasteiger partial charge in [0.15, 0.2) is 6.10 Å². The smallest absolute Gasteiger partial charge is 0.306 e. The molecule has 6 heteroatoms. The van der Waals surface area contributed by atoms with Crippen LogP contribution in [0.25, 0.3) is 0 Å². The van der Waals surface area contributed by atoms with Crippen molar-refractivity contribution in [3.05, 3.63) is 60.8 Å². The van der Waals surface area contributed by atoms with Gasteiger partial charge in [0, 0.05) is 19.3 Å². The number of unbranched alkanes of at least 4 members (excludes halogenated alkanes) is 27. The van der Waals surface area contributed by atoms with Crippen molar-refractivity contribution >= 4 is 17.9 Å². The van der Waals surface area contributed by atoms with Gasteiger partial charge in [-0.25, -0.2) is 0 Å². The number of hydrogen-bond acceptors (Lipinski definition) is 6. The summed E-state index contributed by atoms with van der Waals surface area (Å²) in [4.78, 5) is 37.9. The molecule has 0 aliphatic carbocycles. The number of hydrogen-bond donors (Lipinski definition) is 0. The molecule has 0 aromatic carbocycles. The normalized spacial score (nSPS) is 12.5. The topological polar surface area (TPSA) is 78.9 Å². The van der Waals surface area contributed by atoms with Crippen molar-refractivity contribution in [2.24, 2.45) is 0 Å². The summed E-state index contributed by atoms with van der Waals surface area (Å²) in [7, 11) is 0. The van der Waals surface area contributed by atoms with E-state index in [1.165, 1.54) is 128 Å². The lowest BCUT2D eigenvalue weighted by Gasteiger charge is -2.18. The molecule has 0 aliphatic heterocycles. The van der Waals surface area contributed by atoms with Crippen LogP contribution >= 0.6 is 0 Å². The third-order valence-corrected chi connectivity index (χ3v) is 11.5. The Morgan fingerprint density at radius 1 is 0.333 bits per heavy atom. The summed E-state index contributed by atoms with van der Waals surface area (Å²) in [6.45, 7) is 6.49. The minimum absolute atomic E-state index is 0.0832. The van der Waals surface area contributed by atoms with Crippen molar-refractivity contribution in [1.82, 2.24) is 0 Å². The second kappa shape index (κ2) is 51.7. The van der Waals surface area contributed by atoms with E-state index in [4.69, 9.17) is 14.2 Å². The first-order valence-electron chi connectivity index (χ1n) is 26.8. The molecule has 0 N–H and O–H groups in total. The van der Waals surface area contributed by atoms with Crippen LogP contribution in [-0.4, -0.2) is 37.2 Å². The van der Waals surface area contributed by atoms with E-state index in [0.29, 0.717) is 19.3 Å². The molecule has 0 spiro atoms. The molecule has 0 aromatic heterocycles. The average Bonchev–Trinajstić information content (AvgIpc) is 3.28. The standard InChI is InChI=1S/C57H100O6/c1-4-7-10-13-16-19-21-23-25-27-28-30-31-33-35-38-41-44-47-50-56(59)62-53-54(52-61-55(58)49-46-43-40-37-18-15-12-9-6-3)63-57(60)51-48-45-42-39-36-34-32-29-26-24-22-20-17-14-11-8-5-2/h8,11,17,20,23-26,32,34,54H,4-7,9-10,12-16,18-19,21-22,27-31,33,35-53H2,1-3H3/b11-8-,20-17-,25-23-,26-24-,34-32-. The van der Waals surface area contributed by atoms with Crippen molar-refractivity contribution in [3.8, 4) is 0 Å². The Morgan fingerprint density at radius 2 is 0.619 bits per heavy atom. The van der Waals surface area contributed by atoms with E-state index in [9.17, 15) is 14.4 Å². The highest BCUT2D eigenvalue weighted by atomic mass is 16.6. The number of carbonyl (C=O) groups excluding carboxylic acids is 3. The van der Waals surface area contributed by atoms with Gasteiger partial charge in [0.25, 0.3) is 0 Å². The Balaban J connectivity index is 4.33. The number of ether oxygens (including phenoxy) is 3. The predicted molar refractivity (Wildman–Crippen MR) is 270 cm³/mol. The fourth-order valence-electron chi connectivity index (χ4n) is 7.49. The Bertz CT molecular complexity index is 1150. The van der Waals surface area contributed by atoms with Crippen LogP contribution in [0, 0.1) is 0 Å². The van der Waals surface area contributed by atoms with Crippen molar-refractivity contribution in [3.63, 3.8) is 0 Å². The summed E-state index contributed by atoms with van der Waals surface area (Å²) in [5.41, 5.74) is 0. The van der Waals surface area contributed by atoms with Gasteiger partial charge in [0.2, 0.25) is 0 Å². The zero-order valence-corrected chi connectivity index (χ0v) is 41.6. The Hall–Kier alpha value is -2.89. The molecule has 0 bridgehead atoms. The van der Waals surface area contributed by atoms with E-state index in [2.05, 4.69) is 81.5 Å². The van der Waals surface area contributed by atoms with Gasteiger partial charge in [0.1, 0.15) is 13.2 Å². The van der Waals surface area contributed by atoms with Crippen molar-refractivity contribution in [2.45, 2.75) is 271 Å². The molecule has 0 heterocycles. The highest BCUT2D eigenvalue weighted by Gasteiger charge is 2.19. The zero-order chi connectivity index (χ0) is 45.8. The maximum atomic E-state index is 12.8. The highest BCUT2D eigenvalue weighted by Crippen LogP contribution is 2.15. The first-order chi connectivity index (χ1) is 31.0. The largest absolute Gasteiger partial charge is 0.462 e. The van der Waals surface area contributed by atoms with Crippen LogP contribution < -0.4 is 0 Å². The first kappa shape index (κ1) is 60.1. The summed E-state index contributed by atoms with van der Waals surface area (Å²) in [5.74, 6) is -0.906. The van der Waals surface area contributed by atoms with E-state index in [1.54, 1.807) is 0 Å². The second-order valence-corrected chi connectivity index (χ2v) is 17.8. The molecule has 0 radical (unpaired) electrons. The monoisotopic (exact) mass is 881 g/mol. The number of rotatable bonds is 48. The van der Waals surface area contributed by atoms with Crippen LogP contribution in [-0.2, 0) is 28.6 Å². The van der Waals surface area contributed by atoms with Gasteiger partial charge in [-0.05, 0) is 83.5 Å². The van der Waals surface area contributed by atoms with Crippen LogP contribution in [0.1, 0.15) is 265 Å². The Morgan fingerprint density at radius 3 is 0.984 bits per heavy atom. The third kappa shape index (κ3) is 50.0. The summed E-state index contributed by atoms with van der Waals surface area (Å²) in [5, 5.41) is 0. The van der Waals surface area contributed by atoms with Crippen LogP contribution in [0.3, 0.4) is 0 Å². The van der Waals surface area contributed by atoms with Crippen LogP contribution in [0.5, 0.6) is 0 Å². The molecule has 0 aliphatic rings. The fraction of sp³-hybridized carbons (Fsp3) is 0.772. The molecule has 0 aromatic rings. The fourth-order valence-corrected chi connectivity index (χ4v) is 7.49. The molecule has 0 saturated heterocycles. The summed E-state index contributed by atoms with van der Waals surface area (Å²) in [6.07, 6.45) is 63.5. The molecule has 0 saturated carbocycles. The van der Waals surface area contributed by atoms with Gasteiger partial charge in [0.05, 0.1) is 0 Å². The summed E-state index contributed by atoms with van der Waals surface area (Å²) < 4.78 is 16.8. The third-order valence-electron chi connectivity index (χ3n) is 11.5. The predicted octanol–water partition coefficient (Wildman–Crippen LogP) is 17.6. The SMILES string of the molecule is CC/C=C\C/C=C\C/C=C\C/C=C\CCCCCCC(=O)OC(COC(=O)CCCCCCCCCCC)COC(=O)CCCCCCCCCCC/C=C\CCCCCCCC. The molecule has 6 nitrogen and oxygen atoms in total. The van der Waals surface area contributed by atoms with Gasteiger partial charge in [-0.3, -0.25) is 14.4 Å². The Kier molecular flexibility index (Phi) is 49.4. The molecule has 1 unspecified atom stereocenters. The highest BCUT2D eigenvalue weighted by molar-refractivity contribution is 5.71. The minimum atomic E-state index is -0.784. The lowest BCUT2D eigenvalue weighted by molar-refractivity contribution is -0.167. The number of carbonyl (C=O) groups is 3. The quantitative estimate of drug-likeness (QED) is 0.0262. The number of esters is 3. The maximum absolute atomic E-state index is 12.8. The van der Waals surface area contributed by atoms with Gasteiger partial charge in [-0.15, -0.1) is 0 Å². The van der Waals surface area contributed by atoms with Crippen molar-refractivity contribution < 1.29 is 28.6 Å². The first-order valence-corrected chi connectivity index (χ1v) is 26.8. The van der Waals surface area contributed by atoms with Gasteiger partial charge >= 0.3 is 17.9 Å². The van der Waals surface area contributed by atoms with Crippen molar-refractivity contribution in [2.75, 3.05) is 13.2 Å². The molecule has 364 valence electrons. The molecular formula is C57H100O6. The minimum Gasteiger partial charge on any atom is -0.462 e. The van der Waals surface area contributed by atoms with E-state index in [-0.39, 0.29) is 31.1 Å². The average molecular weight is 881 g/mol. The molecular weight excluding hydrogens is 781 g/mol. The van der Waals surface area contributed by atoms with E-state index < -0.39 is 6.10 Å². The van der Waals surface area contributed by atoms with Gasteiger partial charge in [-0.1, -0.05) is 223 Å².